The van der Waals surface area contributed by atoms with Crippen molar-refractivity contribution in [3.8, 4) is 17.2 Å². The molecule has 1 aromatic carbocycles. The number of anilines is 3. The molecule has 0 unspecified atom stereocenters. The van der Waals surface area contributed by atoms with E-state index in [0.29, 0.717) is 36.1 Å². The number of nitriles is 1. The summed E-state index contributed by atoms with van der Waals surface area (Å²) in [6, 6.07) is 15.9. The fraction of sp³-hybridized carbons (Fsp3) is 0.400. The number of urea groups is 1. The molecule has 3 aromatic heterocycles. The van der Waals surface area contributed by atoms with Gasteiger partial charge in [0, 0.05) is 68.7 Å². The zero-order valence-electron chi connectivity index (χ0n) is 27.0. The number of amides is 3. The molecule has 0 atom stereocenters. The molecule has 3 N–H and O–H groups in total. The Labute approximate surface area is 279 Å². The summed E-state index contributed by atoms with van der Waals surface area (Å²) >= 11 is 0. The van der Waals surface area contributed by atoms with Crippen LogP contribution in [0.2, 0.25) is 0 Å². The first-order chi connectivity index (χ1) is 23.4. The number of hydrogen-bond donors (Lipinski definition) is 3. The Hall–Kier alpha value is -5.51. The lowest BCUT2D eigenvalue weighted by atomic mass is 9.78. The fourth-order valence-corrected chi connectivity index (χ4v) is 7.04. The molecule has 13 heteroatoms. The number of nitrogens with zero attached hydrogens (tertiary/aromatic N) is 8. The molecule has 246 valence electrons. The Balaban J connectivity index is 1.02. The van der Waals surface area contributed by atoms with Gasteiger partial charge in [-0.3, -0.25) is 14.4 Å². The van der Waals surface area contributed by atoms with Gasteiger partial charge < -0.3 is 20.9 Å². The fourth-order valence-electron chi connectivity index (χ4n) is 7.04. The molecule has 48 heavy (non-hydrogen) atoms. The van der Waals surface area contributed by atoms with Gasteiger partial charge in [-0.1, -0.05) is 30.3 Å². The Morgan fingerprint density at radius 3 is 2.46 bits per heavy atom. The number of β-lactam (4-membered cyclic amide) rings is 1. The minimum absolute atomic E-state index is 0.0410. The highest BCUT2D eigenvalue weighted by Gasteiger charge is 2.45. The van der Waals surface area contributed by atoms with E-state index >= 15 is 0 Å². The molecule has 3 fully saturated rings. The van der Waals surface area contributed by atoms with Crippen molar-refractivity contribution in [1.29, 1.82) is 5.26 Å². The second-order valence-electron chi connectivity index (χ2n) is 13.0. The molecular formula is C35H39N11O2. The number of pyridine rings is 1. The first kappa shape index (κ1) is 31.1. The molecule has 1 spiro atoms. The topological polar surface area (TPSA) is 157 Å². The Morgan fingerprint density at radius 2 is 1.81 bits per heavy atom. The normalized spacial score (nSPS) is 19.9. The van der Waals surface area contributed by atoms with Crippen molar-refractivity contribution in [2.24, 2.45) is 7.05 Å². The van der Waals surface area contributed by atoms with Crippen LogP contribution < -0.4 is 25.8 Å². The highest BCUT2D eigenvalue weighted by atomic mass is 16.2. The number of benzene rings is 1. The van der Waals surface area contributed by atoms with Gasteiger partial charge in [-0.25, -0.2) is 14.8 Å². The minimum Gasteiger partial charge on any atom is -0.355 e. The largest absolute Gasteiger partial charge is 0.355 e. The van der Waals surface area contributed by atoms with Crippen molar-refractivity contribution in [2.45, 2.75) is 69.1 Å². The average molecular weight is 646 g/mol. The van der Waals surface area contributed by atoms with E-state index in [2.05, 4.69) is 37.0 Å². The maximum atomic E-state index is 13.7. The van der Waals surface area contributed by atoms with Crippen LogP contribution in [0.1, 0.15) is 56.1 Å². The van der Waals surface area contributed by atoms with Crippen molar-refractivity contribution in [3.05, 3.63) is 78.4 Å². The third-order valence-corrected chi connectivity index (χ3v) is 9.75. The maximum absolute atomic E-state index is 13.7. The van der Waals surface area contributed by atoms with Crippen LogP contribution >= 0.6 is 0 Å². The number of aryl methyl sites for hydroxylation is 1. The van der Waals surface area contributed by atoms with Gasteiger partial charge in [-0.15, -0.1) is 0 Å². The zero-order valence-corrected chi connectivity index (χ0v) is 27.0. The molecule has 1 saturated carbocycles. The van der Waals surface area contributed by atoms with Gasteiger partial charge in [-0.05, 0) is 56.2 Å². The molecule has 5 heterocycles. The van der Waals surface area contributed by atoms with Crippen LogP contribution in [0, 0.1) is 11.3 Å². The van der Waals surface area contributed by atoms with Crippen LogP contribution in [0.3, 0.4) is 0 Å². The molecule has 13 nitrogen and oxygen atoms in total. The third kappa shape index (κ3) is 6.64. The molecule has 1 aliphatic carbocycles. The lowest BCUT2D eigenvalue weighted by Crippen LogP contribution is -2.65. The van der Waals surface area contributed by atoms with Crippen LogP contribution in [0.5, 0.6) is 0 Å². The van der Waals surface area contributed by atoms with E-state index < -0.39 is 0 Å². The Morgan fingerprint density at radius 1 is 1.04 bits per heavy atom. The number of aromatic nitrogens is 5. The summed E-state index contributed by atoms with van der Waals surface area (Å²) in [5, 5.41) is 23.7. The number of carbonyl (C=O) groups is 2. The van der Waals surface area contributed by atoms with Gasteiger partial charge >= 0.3 is 6.03 Å². The van der Waals surface area contributed by atoms with E-state index in [-0.39, 0.29) is 29.6 Å². The summed E-state index contributed by atoms with van der Waals surface area (Å²) in [5.41, 5.74) is 3.27. The predicted octanol–water partition coefficient (Wildman–Crippen LogP) is 4.14. The van der Waals surface area contributed by atoms with E-state index in [9.17, 15) is 14.9 Å². The van der Waals surface area contributed by atoms with Crippen molar-refractivity contribution in [2.75, 3.05) is 28.2 Å². The highest BCUT2D eigenvalue weighted by molar-refractivity contribution is 5.91. The second-order valence-corrected chi connectivity index (χ2v) is 13.0. The smallest absolute Gasteiger partial charge is 0.323 e. The Kier molecular flexibility index (Phi) is 8.63. The summed E-state index contributed by atoms with van der Waals surface area (Å²) in [6.45, 7) is 1.86. The van der Waals surface area contributed by atoms with Crippen molar-refractivity contribution >= 4 is 29.5 Å². The molecule has 3 amide bonds. The van der Waals surface area contributed by atoms with Gasteiger partial charge in [0.25, 0.3) is 0 Å². The molecule has 4 aromatic rings. The first-order valence-electron chi connectivity index (χ1n) is 16.5. The van der Waals surface area contributed by atoms with Crippen molar-refractivity contribution in [1.82, 2.24) is 35.4 Å². The Bertz CT molecular complexity index is 1790. The molecule has 2 saturated heterocycles. The highest BCUT2D eigenvalue weighted by Crippen LogP contribution is 2.35. The van der Waals surface area contributed by atoms with Gasteiger partial charge in [0.15, 0.2) is 5.82 Å². The summed E-state index contributed by atoms with van der Waals surface area (Å²) < 4.78 is 1.75. The first-order valence-corrected chi connectivity index (χ1v) is 16.5. The van der Waals surface area contributed by atoms with E-state index in [1.165, 1.54) is 0 Å². The van der Waals surface area contributed by atoms with Crippen LogP contribution in [0.25, 0.3) is 11.1 Å². The van der Waals surface area contributed by atoms with Crippen molar-refractivity contribution in [3.63, 3.8) is 0 Å². The summed E-state index contributed by atoms with van der Waals surface area (Å²) in [7, 11) is 1.88. The molecule has 2 aliphatic heterocycles. The number of piperidine rings is 1. The zero-order chi connectivity index (χ0) is 33.1. The number of hydrogen-bond acceptors (Lipinski definition) is 9. The number of rotatable bonds is 8. The third-order valence-electron chi connectivity index (χ3n) is 9.75. The van der Waals surface area contributed by atoms with E-state index in [4.69, 9.17) is 9.97 Å². The summed E-state index contributed by atoms with van der Waals surface area (Å²) in [4.78, 5) is 43.2. The number of nitrogens with one attached hydrogen (secondary N) is 3. The summed E-state index contributed by atoms with van der Waals surface area (Å²) in [5.74, 6) is 1.84. The SMILES string of the molecule is Cn1cc(-c2ccc(N(C(=O)NCc3ccccc3)[C@H]3CC[C@H](Nc4ncc(C#N)c(N5CCC6(CC5)CC(=O)N6)n4)CC3)nc2)cn1. The summed E-state index contributed by atoms with van der Waals surface area (Å²) in [6.07, 6.45) is 12.5. The van der Waals surface area contributed by atoms with E-state index in [1.807, 2.05) is 55.7 Å². The minimum atomic E-state index is -0.179. The monoisotopic (exact) mass is 645 g/mol. The molecule has 0 radical (unpaired) electrons. The van der Waals surface area contributed by atoms with Crippen LogP contribution in [0.15, 0.2) is 67.3 Å². The van der Waals surface area contributed by atoms with E-state index in [0.717, 1.165) is 68.3 Å². The van der Waals surface area contributed by atoms with Crippen LogP contribution in [-0.4, -0.2) is 67.4 Å². The second kappa shape index (κ2) is 13.3. The lowest BCUT2D eigenvalue weighted by molar-refractivity contribution is -0.133. The maximum Gasteiger partial charge on any atom is 0.323 e. The standard InChI is InChI=1S/C35H39N11O2/c1-44-23-27(22-40-44)25-7-12-30(37-20-25)46(34(48)39-19-24-5-3-2-4-6-24)29-10-8-28(9-11-29)41-33-38-21-26(18-36)32(42-33)45-15-13-35(14-16-45)17-31(47)43-35/h2-7,12,20-23,28-29H,8-11,13-17,19H2,1H3,(H,39,48)(H,43,47)(H,38,41,42)/t28-,29-. The van der Waals surface area contributed by atoms with E-state index in [1.54, 1.807) is 28.2 Å². The molecule has 0 bridgehead atoms. The van der Waals surface area contributed by atoms with Crippen molar-refractivity contribution < 1.29 is 9.59 Å². The van der Waals surface area contributed by atoms with Crippen LogP contribution in [-0.2, 0) is 18.4 Å². The predicted molar refractivity (Wildman–Crippen MR) is 181 cm³/mol. The van der Waals surface area contributed by atoms with Gasteiger partial charge in [0.05, 0.1) is 17.9 Å². The molecule has 3 aliphatic rings. The van der Waals surface area contributed by atoms with Crippen LogP contribution in [0.4, 0.5) is 22.4 Å². The van der Waals surface area contributed by atoms with Gasteiger partial charge in [0.1, 0.15) is 17.5 Å². The molecule has 7 rings (SSSR count). The van der Waals surface area contributed by atoms with Gasteiger partial charge in [-0.2, -0.15) is 15.3 Å². The number of carbonyl (C=O) groups excluding carboxylic acids is 2. The van der Waals surface area contributed by atoms with Gasteiger partial charge in [0.2, 0.25) is 11.9 Å². The average Bonchev–Trinajstić information content (AvgIpc) is 3.55. The molecular weight excluding hydrogens is 606 g/mol. The lowest BCUT2D eigenvalue weighted by Gasteiger charge is -2.48. The quantitative estimate of drug-likeness (QED) is 0.240.